The molecule has 250 valence electrons. The lowest BCUT2D eigenvalue weighted by Crippen LogP contribution is -2.11. The van der Waals surface area contributed by atoms with Crippen LogP contribution in [-0.4, -0.2) is 4.57 Å². The maximum Gasteiger partial charge on any atom is 0.0541 e. The van der Waals surface area contributed by atoms with Gasteiger partial charge in [-0.25, -0.2) is 0 Å². The third-order valence-electron chi connectivity index (χ3n) is 11.6. The Morgan fingerprint density at radius 1 is 0.491 bits per heavy atom. The summed E-state index contributed by atoms with van der Waals surface area (Å²) in [5.41, 5.74) is 18.8. The highest BCUT2D eigenvalue weighted by atomic mass is 15.1. The quantitative estimate of drug-likeness (QED) is 0.180. The normalized spacial score (nSPS) is 18.0. The standard InChI is InChI=1S/C51H36N2/c1-33-12-9-10-29-52(37-13-3-2-4-14-37)48-27-23-35(30-44(33)48)36-24-28-50-46(31-36)42-17-7-8-20-49(42)53(50)38-25-21-34(22-26-38)39-18-11-19-43-40-15-5-6-16-41(40)45-32-47(45)51(39)43/h2-31,45,47H,1,32H2/b12-9-,29-10-. The molecule has 2 aliphatic carbocycles. The van der Waals surface area contributed by atoms with Crippen LogP contribution in [0.15, 0.2) is 189 Å². The minimum absolute atomic E-state index is 0.626. The Morgan fingerprint density at radius 2 is 1.21 bits per heavy atom. The molecule has 1 saturated carbocycles. The lowest BCUT2D eigenvalue weighted by molar-refractivity contribution is 1.01. The van der Waals surface area contributed by atoms with Crippen molar-refractivity contribution in [2.75, 3.05) is 4.90 Å². The third-order valence-corrected chi connectivity index (χ3v) is 11.6. The van der Waals surface area contributed by atoms with Gasteiger partial charge < -0.3 is 9.47 Å². The van der Waals surface area contributed by atoms with Gasteiger partial charge >= 0.3 is 0 Å². The number of allylic oxidation sites excluding steroid dienone is 4. The van der Waals surface area contributed by atoms with Crippen molar-refractivity contribution < 1.29 is 0 Å². The van der Waals surface area contributed by atoms with Gasteiger partial charge in [-0.1, -0.05) is 122 Å². The lowest BCUT2D eigenvalue weighted by Gasteiger charge is -2.25. The molecule has 11 rings (SSSR count). The number of fused-ring (bicyclic) bond motifs is 10. The number of hydrogen-bond donors (Lipinski definition) is 0. The number of benzene rings is 7. The number of rotatable bonds is 4. The van der Waals surface area contributed by atoms with Crippen molar-refractivity contribution in [3.63, 3.8) is 0 Å². The first-order valence-corrected chi connectivity index (χ1v) is 18.6. The van der Waals surface area contributed by atoms with E-state index in [1.54, 1.807) is 0 Å². The predicted octanol–water partition coefficient (Wildman–Crippen LogP) is 13.6. The minimum atomic E-state index is 0.626. The van der Waals surface area contributed by atoms with Crippen LogP contribution in [0, 0.1) is 0 Å². The molecular formula is C51H36N2. The summed E-state index contributed by atoms with van der Waals surface area (Å²) < 4.78 is 2.42. The molecule has 2 heteroatoms. The molecule has 0 amide bonds. The second kappa shape index (κ2) is 11.7. The average molecular weight is 677 g/mol. The van der Waals surface area contributed by atoms with Gasteiger partial charge in [-0.2, -0.15) is 0 Å². The van der Waals surface area contributed by atoms with Crippen molar-refractivity contribution in [3.05, 3.63) is 205 Å². The Balaban J connectivity index is 0.992. The minimum Gasteiger partial charge on any atom is -0.317 e. The van der Waals surface area contributed by atoms with Crippen LogP contribution in [0.4, 0.5) is 11.4 Å². The molecule has 0 radical (unpaired) electrons. The van der Waals surface area contributed by atoms with Crippen molar-refractivity contribution in [1.82, 2.24) is 4.57 Å². The number of nitrogens with zero attached hydrogens (tertiary/aromatic N) is 2. The van der Waals surface area contributed by atoms with Gasteiger partial charge in [0, 0.05) is 33.9 Å². The molecule has 0 bridgehead atoms. The van der Waals surface area contributed by atoms with E-state index >= 15 is 0 Å². The molecule has 2 heterocycles. The van der Waals surface area contributed by atoms with Crippen LogP contribution in [0.25, 0.3) is 66.4 Å². The second-order valence-electron chi connectivity index (χ2n) is 14.6. The highest BCUT2D eigenvalue weighted by molar-refractivity contribution is 6.10. The van der Waals surface area contributed by atoms with Crippen LogP contribution in [0.2, 0.25) is 0 Å². The first kappa shape index (κ1) is 30.0. The summed E-state index contributed by atoms with van der Waals surface area (Å²) in [7, 11) is 0. The van der Waals surface area contributed by atoms with E-state index in [1.165, 1.54) is 78.4 Å². The Morgan fingerprint density at radius 3 is 2.11 bits per heavy atom. The van der Waals surface area contributed by atoms with Gasteiger partial charge in [0.2, 0.25) is 0 Å². The number of hydrogen-bond acceptors (Lipinski definition) is 1. The molecule has 8 aromatic rings. The maximum absolute atomic E-state index is 4.46. The van der Waals surface area contributed by atoms with Gasteiger partial charge in [-0.3, -0.25) is 0 Å². The summed E-state index contributed by atoms with van der Waals surface area (Å²) >= 11 is 0. The Hall–Kier alpha value is -6.64. The van der Waals surface area contributed by atoms with E-state index in [1.807, 2.05) is 0 Å². The van der Waals surface area contributed by atoms with Crippen molar-refractivity contribution in [2.45, 2.75) is 18.3 Å². The van der Waals surface area contributed by atoms with E-state index in [0.29, 0.717) is 11.8 Å². The molecule has 2 nitrogen and oxygen atoms in total. The fourth-order valence-electron chi connectivity index (χ4n) is 9.07. The van der Waals surface area contributed by atoms with E-state index in [0.717, 1.165) is 22.5 Å². The van der Waals surface area contributed by atoms with Gasteiger partial charge in [0.1, 0.15) is 0 Å². The number of anilines is 2. The first-order chi connectivity index (χ1) is 26.2. The predicted molar refractivity (Wildman–Crippen MR) is 223 cm³/mol. The lowest BCUT2D eigenvalue weighted by atomic mass is 9.82. The molecule has 2 unspecified atom stereocenters. The van der Waals surface area contributed by atoms with Gasteiger partial charge in [-0.05, 0) is 129 Å². The summed E-state index contributed by atoms with van der Waals surface area (Å²) in [6, 6.07) is 58.1. The molecule has 7 aromatic carbocycles. The molecule has 1 aromatic heterocycles. The van der Waals surface area contributed by atoms with Gasteiger partial charge in [-0.15, -0.1) is 0 Å². The summed E-state index contributed by atoms with van der Waals surface area (Å²) in [6.45, 7) is 4.46. The highest BCUT2D eigenvalue weighted by Gasteiger charge is 2.46. The summed E-state index contributed by atoms with van der Waals surface area (Å²) in [4.78, 5) is 2.24. The molecule has 53 heavy (non-hydrogen) atoms. The van der Waals surface area contributed by atoms with Crippen LogP contribution in [0.5, 0.6) is 0 Å². The highest BCUT2D eigenvalue weighted by Crippen LogP contribution is 2.63. The van der Waals surface area contributed by atoms with Gasteiger partial charge in [0.05, 0.1) is 16.7 Å². The van der Waals surface area contributed by atoms with Crippen LogP contribution in [-0.2, 0) is 0 Å². The molecule has 0 spiro atoms. The van der Waals surface area contributed by atoms with Crippen LogP contribution in [0.1, 0.15) is 34.9 Å². The monoisotopic (exact) mass is 676 g/mol. The third kappa shape index (κ3) is 4.72. The van der Waals surface area contributed by atoms with Crippen LogP contribution >= 0.6 is 0 Å². The fraction of sp³-hybridized carbons (Fsp3) is 0.0588. The zero-order chi connectivity index (χ0) is 35.0. The van der Waals surface area contributed by atoms with E-state index < -0.39 is 0 Å². The Labute approximate surface area is 309 Å². The van der Waals surface area contributed by atoms with Crippen LogP contribution < -0.4 is 4.90 Å². The SMILES string of the molecule is C=C1/C=C\C=C/N(c2ccccc2)c2ccc(-c3ccc4c(c3)c3ccccc3n4-c3ccc(-c4cccc5c4C4CC4c4ccccc4-5)cc3)cc21. The summed E-state index contributed by atoms with van der Waals surface area (Å²) in [5.74, 6) is 1.29. The van der Waals surface area contributed by atoms with E-state index in [2.05, 4.69) is 198 Å². The molecule has 0 saturated heterocycles. The summed E-state index contributed by atoms with van der Waals surface area (Å²) in [6.07, 6.45) is 9.61. The molecule has 1 fully saturated rings. The molecule has 0 N–H and O–H groups in total. The molecule has 1 aliphatic heterocycles. The Kier molecular flexibility index (Phi) is 6.63. The largest absolute Gasteiger partial charge is 0.317 e. The second-order valence-corrected chi connectivity index (χ2v) is 14.6. The Bertz CT molecular complexity index is 2830. The van der Waals surface area contributed by atoms with Crippen molar-refractivity contribution in [3.8, 4) is 39.1 Å². The number of para-hydroxylation sites is 2. The van der Waals surface area contributed by atoms with E-state index in [9.17, 15) is 0 Å². The fourth-order valence-corrected chi connectivity index (χ4v) is 9.07. The van der Waals surface area contributed by atoms with Gasteiger partial charge in [0.25, 0.3) is 0 Å². The maximum atomic E-state index is 4.46. The topological polar surface area (TPSA) is 8.17 Å². The average Bonchev–Trinajstić information content (AvgIpc) is 3.96. The molecule has 3 aliphatic rings. The van der Waals surface area contributed by atoms with Crippen molar-refractivity contribution in [1.29, 1.82) is 0 Å². The zero-order valence-corrected chi connectivity index (χ0v) is 29.3. The van der Waals surface area contributed by atoms with Crippen molar-refractivity contribution in [2.24, 2.45) is 0 Å². The molecule has 2 atom stereocenters. The zero-order valence-electron chi connectivity index (χ0n) is 29.3. The van der Waals surface area contributed by atoms with Crippen molar-refractivity contribution >= 4 is 38.8 Å². The van der Waals surface area contributed by atoms with E-state index in [4.69, 9.17) is 0 Å². The smallest absolute Gasteiger partial charge is 0.0541 e. The summed E-state index contributed by atoms with van der Waals surface area (Å²) in [5, 5.41) is 2.50. The molecular weight excluding hydrogens is 641 g/mol. The van der Waals surface area contributed by atoms with Crippen LogP contribution in [0.3, 0.4) is 0 Å². The number of aromatic nitrogens is 1. The van der Waals surface area contributed by atoms with E-state index in [-0.39, 0.29) is 0 Å². The first-order valence-electron chi connectivity index (χ1n) is 18.6. The van der Waals surface area contributed by atoms with Gasteiger partial charge in [0.15, 0.2) is 0 Å².